The van der Waals surface area contributed by atoms with Crippen LogP contribution >= 0.6 is 0 Å². The van der Waals surface area contributed by atoms with Crippen molar-refractivity contribution in [1.29, 1.82) is 0 Å². The molecule has 1 aliphatic heterocycles. The third-order valence-electron chi connectivity index (χ3n) is 5.88. The van der Waals surface area contributed by atoms with E-state index in [0.29, 0.717) is 18.2 Å². The predicted octanol–water partition coefficient (Wildman–Crippen LogP) is 4.04. The van der Waals surface area contributed by atoms with Gasteiger partial charge in [0.25, 0.3) is 11.8 Å². The van der Waals surface area contributed by atoms with Crippen LogP contribution in [-0.4, -0.2) is 34.7 Å². The monoisotopic (exact) mass is 420 g/mol. The van der Waals surface area contributed by atoms with E-state index in [2.05, 4.69) is 10.4 Å². The van der Waals surface area contributed by atoms with Crippen molar-refractivity contribution in [2.75, 3.05) is 18.0 Å². The average molecular weight is 420 g/mol. The van der Waals surface area contributed by atoms with Gasteiger partial charge in [-0.2, -0.15) is 18.3 Å². The molecule has 1 saturated carbocycles. The van der Waals surface area contributed by atoms with Crippen LogP contribution in [0.1, 0.15) is 65.1 Å². The van der Waals surface area contributed by atoms with E-state index < -0.39 is 17.6 Å². The largest absolute Gasteiger partial charge is 0.416 e. The first-order valence-corrected chi connectivity index (χ1v) is 10.1. The Hall–Kier alpha value is -2.84. The highest BCUT2D eigenvalue weighted by Crippen LogP contribution is 2.33. The van der Waals surface area contributed by atoms with E-state index in [1.807, 2.05) is 6.92 Å². The van der Waals surface area contributed by atoms with Crippen LogP contribution in [0, 0.1) is 5.92 Å². The lowest BCUT2D eigenvalue weighted by molar-refractivity contribution is -0.137. The normalized spacial score (nSPS) is 19.8. The molecule has 0 spiro atoms. The molecule has 2 heterocycles. The summed E-state index contributed by atoms with van der Waals surface area (Å²) in [5.41, 5.74) is -0.0654. The minimum Gasteiger partial charge on any atom is -0.352 e. The van der Waals surface area contributed by atoms with E-state index >= 15 is 0 Å². The molecule has 0 radical (unpaired) electrons. The number of halogens is 3. The number of carbonyl (C=O) groups is 2. The van der Waals surface area contributed by atoms with Crippen molar-refractivity contribution < 1.29 is 22.8 Å². The minimum atomic E-state index is -4.44. The molecule has 2 amide bonds. The maximum Gasteiger partial charge on any atom is 0.416 e. The van der Waals surface area contributed by atoms with Crippen LogP contribution in [0.15, 0.2) is 30.5 Å². The van der Waals surface area contributed by atoms with Gasteiger partial charge in [-0.25, -0.2) is 0 Å². The maximum atomic E-state index is 13.2. The Morgan fingerprint density at radius 2 is 1.87 bits per heavy atom. The number of amides is 2. The number of carbonyl (C=O) groups excluding carboxylic acids is 2. The van der Waals surface area contributed by atoms with E-state index in [9.17, 15) is 22.8 Å². The summed E-state index contributed by atoms with van der Waals surface area (Å²) in [7, 11) is 0. The molecule has 1 fully saturated rings. The molecule has 9 heteroatoms. The second-order valence-electron chi connectivity index (χ2n) is 8.02. The highest BCUT2D eigenvalue weighted by Gasteiger charge is 2.36. The number of hydrogen-bond donors (Lipinski definition) is 1. The standard InChI is InChI=1S/C21H23F3N4O2/c1-13-12-27(16-8-6-15(7-9-16)21(22,23)24)20(30)18-17(11-26-28(13)18)19(29)25-10-14-4-2-3-5-14/h6-9,11,13-14H,2-5,10,12H2,1H3,(H,25,29)/t13-/m0/s1. The summed E-state index contributed by atoms with van der Waals surface area (Å²) in [6, 6.07) is 4.23. The molecular formula is C21H23F3N4O2. The lowest BCUT2D eigenvalue weighted by Gasteiger charge is -2.32. The van der Waals surface area contributed by atoms with Gasteiger partial charge < -0.3 is 10.2 Å². The topological polar surface area (TPSA) is 67.2 Å². The molecule has 4 rings (SSSR count). The smallest absolute Gasteiger partial charge is 0.352 e. The molecule has 0 unspecified atom stereocenters. The SMILES string of the molecule is C[C@H]1CN(c2ccc(C(F)(F)F)cc2)C(=O)c2c(C(=O)NCC3CCCC3)cnn21. The van der Waals surface area contributed by atoms with E-state index in [4.69, 9.17) is 0 Å². The van der Waals surface area contributed by atoms with Gasteiger partial charge in [-0.15, -0.1) is 0 Å². The Morgan fingerprint density at radius 3 is 2.50 bits per heavy atom. The summed E-state index contributed by atoms with van der Waals surface area (Å²) in [4.78, 5) is 27.3. The van der Waals surface area contributed by atoms with Crippen molar-refractivity contribution in [3.63, 3.8) is 0 Å². The number of nitrogens with zero attached hydrogens (tertiary/aromatic N) is 3. The fourth-order valence-corrected chi connectivity index (χ4v) is 4.23. The quantitative estimate of drug-likeness (QED) is 0.812. The first-order valence-electron chi connectivity index (χ1n) is 10.1. The summed E-state index contributed by atoms with van der Waals surface area (Å²) >= 11 is 0. The molecule has 30 heavy (non-hydrogen) atoms. The molecule has 1 atom stereocenters. The second kappa shape index (κ2) is 7.77. The Labute approximate surface area is 172 Å². The highest BCUT2D eigenvalue weighted by molar-refractivity contribution is 6.12. The van der Waals surface area contributed by atoms with Crippen LogP contribution in [0.3, 0.4) is 0 Å². The summed E-state index contributed by atoms with van der Waals surface area (Å²) < 4.78 is 40.1. The number of anilines is 1. The number of hydrogen-bond acceptors (Lipinski definition) is 3. The van der Waals surface area contributed by atoms with Gasteiger partial charge in [-0.3, -0.25) is 14.3 Å². The number of nitrogens with one attached hydrogen (secondary N) is 1. The molecular weight excluding hydrogens is 397 g/mol. The van der Waals surface area contributed by atoms with Gasteiger partial charge in [0.1, 0.15) is 5.69 Å². The van der Waals surface area contributed by atoms with Gasteiger partial charge in [0.15, 0.2) is 0 Å². The molecule has 0 saturated heterocycles. The summed E-state index contributed by atoms with van der Waals surface area (Å²) in [5.74, 6) is -0.340. The Balaban J connectivity index is 1.57. The van der Waals surface area contributed by atoms with Crippen LogP contribution in [-0.2, 0) is 6.18 Å². The lowest BCUT2D eigenvalue weighted by Crippen LogP contribution is -2.44. The van der Waals surface area contributed by atoms with Gasteiger partial charge in [0.2, 0.25) is 0 Å². The van der Waals surface area contributed by atoms with Crippen molar-refractivity contribution in [2.24, 2.45) is 5.92 Å². The molecule has 1 aromatic heterocycles. The van der Waals surface area contributed by atoms with Crippen molar-refractivity contribution >= 4 is 17.5 Å². The van der Waals surface area contributed by atoms with Crippen molar-refractivity contribution in [3.8, 4) is 0 Å². The zero-order valence-corrected chi connectivity index (χ0v) is 16.6. The Bertz CT molecular complexity index is 946. The van der Waals surface area contributed by atoms with Crippen molar-refractivity contribution in [2.45, 2.75) is 44.8 Å². The molecule has 1 N–H and O–H groups in total. The van der Waals surface area contributed by atoms with E-state index in [0.717, 1.165) is 25.0 Å². The highest BCUT2D eigenvalue weighted by atomic mass is 19.4. The van der Waals surface area contributed by atoms with E-state index in [1.54, 1.807) is 0 Å². The molecule has 0 bridgehead atoms. The second-order valence-corrected chi connectivity index (χ2v) is 8.02. The van der Waals surface area contributed by atoms with Crippen LogP contribution < -0.4 is 10.2 Å². The zero-order valence-electron chi connectivity index (χ0n) is 16.6. The minimum absolute atomic E-state index is 0.164. The van der Waals surface area contributed by atoms with Gasteiger partial charge in [0.05, 0.1) is 23.4 Å². The van der Waals surface area contributed by atoms with Crippen molar-refractivity contribution in [1.82, 2.24) is 15.1 Å². The number of fused-ring (bicyclic) bond motifs is 1. The maximum absolute atomic E-state index is 13.2. The first-order chi connectivity index (χ1) is 14.3. The first kappa shape index (κ1) is 20.4. The molecule has 6 nitrogen and oxygen atoms in total. The van der Waals surface area contributed by atoms with Crippen LogP contribution in [0.2, 0.25) is 0 Å². The van der Waals surface area contributed by atoms with Gasteiger partial charge in [-0.05, 0) is 49.9 Å². The van der Waals surface area contributed by atoms with Crippen LogP contribution in [0.4, 0.5) is 18.9 Å². The van der Waals surface area contributed by atoms with Gasteiger partial charge in [0, 0.05) is 18.8 Å². The number of aromatic nitrogens is 2. The van der Waals surface area contributed by atoms with Gasteiger partial charge in [-0.1, -0.05) is 12.8 Å². The predicted molar refractivity (Wildman–Crippen MR) is 104 cm³/mol. The summed E-state index contributed by atoms with van der Waals surface area (Å²) in [6.07, 6.45) is 1.46. The average Bonchev–Trinajstić information content (AvgIpc) is 3.38. The molecule has 2 aliphatic rings. The molecule has 1 aromatic carbocycles. The lowest BCUT2D eigenvalue weighted by atomic mass is 10.1. The Kier molecular flexibility index (Phi) is 5.29. The van der Waals surface area contributed by atoms with Crippen LogP contribution in [0.25, 0.3) is 0 Å². The summed E-state index contributed by atoms with van der Waals surface area (Å²) in [5, 5.41) is 7.13. The fraction of sp³-hybridized carbons (Fsp3) is 0.476. The molecule has 1 aliphatic carbocycles. The number of alkyl halides is 3. The number of rotatable bonds is 4. The van der Waals surface area contributed by atoms with Gasteiger partial charge >= 0.3 is 6.18 Å². The molecule has 160 valence electrons. The van der Waals surface area contributed by atoms with Crippen molar-refractivity contribution in [3.05, 3.63) is 47.3 Å². The van der Waals surface area contributed by atoms with E-state index in [1.165, 1.54) is 40.8 Å². The molecule has 2 aromatic rings. The zero-order chi connectivity index (χ0) is 21.5. The van der Waals surface area contributed by atoms with E-state index in [-0.39, 0.29) is 29.8 Å². The fourth-order valence-electron chi connectivity index (χ4n) is 4.23. The summed E-state index contributed by atoms with van der Waals surface area (Å²) in [6.45, 7) is 2.66. The Morgan fingerprint density at radius 1 is 1.20 bits per heavy atom. The number of benzene rings is 1. The third-order valence-corrected chi connectivity index (χ3v) is 5.88. The third kappa shape index (κ3) is 3.80. The van der Waals surface area contributed by atoms with Crippen LogP contribution in [0.5, 0.6) is 0 Å².